The molecule has 170 valence electrons. The Bertz CT molecular complexity index is 1040. The zero-order valence-electron chi connectivity index (χ0n) is 19.0. The highest BCUT2D eigenvalue weighted by Crippen LogP contribution is 2.35. The fourth-order valence-corrected chi connectivity index (χ4v) is 4.61. The van der Waals surface area contributed by atoms with E-state index >= 15 is 0 Å². The summed E-state index contributed by atoms with van der Waals surface area (Å²) in [6.45, 7) is 8.03. The minimum atomic E-state index is -1.19. The second kappa shape index (κ2) is 10.5. The van der Waals surface area contributed by atoms with Gasteiger partial charge in [0.2, 0.25) is 0 Å². The number of esters is 1. The Balaban J connectivity index is 1.77. The molecule has 0 radical (unpaired) electrons. The van der Waals surface area contributed by atoms with Crippen molar-refractivity contribution in [1.82, 2.24) is 4.72 Å². The summed E-state index contributed by atoms with van der Waals surface area (Å²) < 4.78 is 26.3. The van der Waals surface area contributed by atoms with E-state index in [0.717, 1.165) is 22.3 Å². The second-order valence-corrected chi connectivity index (χ2v) is 11.4. The third-order valence-electron chi connectivity index (χ3n) is 4.89. The molecule has 3 rings (SSSR count). The van der Waals surface area contributed by atoms with E-state index in [2.05, 4.69) is 4.72 Å². The zero-order chi connectivity index (χ0) is 23.3. The molecule has 0 saturated carbocycles. The molecule has 1 N–H and O–H groups in total. The van der Waals surface area contributed by atoms with Crippen molar-refractivity contribution in [3.8, 4) is 16.9 Å². The van der Waals surface area contributed by atoms with Gasteiger partial charge in [0.25, 0.3) is 0 Å². The molecule has 0 amide bonds. The highest BCUT2D eigenvalue weighted by atomic mass is 32.2. The number of ether oxygens (including phenoxy) is 2. The number of nitrogens with one attached hydrogen (secondary N) is 1. The van der Waals surface area contributed by atoms with E-state index in [0.29, 0.717) is 10.6 Å². The predicted molar refractivity (Wildman–Crippen MR) is 131 cm³/mol. The Hall–Kier alpha value is -2.32. The van der Waals surface area contributed by atoms with E-state index < -0.39 is 11.4 Å². The summed E-state index contributed by atoms with van der Waals surface area (Å²) in [5.41, 5.74) is 3.68. The third kappa shape index (κ3) is 6.13. The minimum absolute atomic E-state index is 0.117. The quantitative estimate of drug-likeness (QED) is 0.327. The van der Waals surface area contributed by atoms with Crippen LogP contribution >= 0.6 is 11.3 Å². The third-order valence-corrected chi connectivity index (χ3v) is 7.48. The van der Waals surface area contributed by atoms with Gasteiger partial charge in [0.15, 0.2) is 0 Å². The number of rotatable bonds is 8. The van der Waals surface area contributed by atoms with Crippen LogP contribution in [0.25, 0.3) is 11.1 Å². The number of methoxy groups -OCH3 is 1. The molecule has 0 bridgehead atoms. The molecule has 3 aromatic rings. The monoisotopic (exact) mass is 471 g/mol. The number of carbonyl (C=O) groups excluding carboxylic acids is 1. The van der Waals surface area contributed by atoms with Gasteiger partial charge in [0.1, 0.15) is 22.0 Å². The fourth-order valence-electron chi connectivity index (χ4n) is 3.00. The molecule has 1 heterocycles. The normalized spacial score (nSPS) is 13.4. The topological polar surface area (TPSA) is 70.6 Å². The van der Waals surface area contributed by atoms with E-state index in [1.54, 1.807) is 7.11 Å². The number of carbonyl (C=O) groups is 1. The highest BCUT2D eigenvalue weighted by molar-refractivity contribution is 7.90. The van der Waals surface area contributed by atoms with Gasteiger partial charge in [-0.1, -0.05) is 36.4 Å². The van der Waals surface area contributed by atoms with Gasteiger partial charge in [0.05, 0.1) is 13.2 Å². The number of benzene rings is 2. The molecule has 0 aliphatic carbocycles. The zero-order valence-corrected chi connectivity index (χ0v) is 20.6. The van der Waals surface area contributed by atoms with Crippen molar-refractivity contribution in [3.63, 3.8) is 0 Å². The van der Waals surface area contributed by atoms with E-state index in [1.807, 2.05) is 87.7 Å². The van der Waals surface area contributed by atoms with Gasteiger partial charge in [-0.05, 0) is 68.0 Å². The molecule has 1 unspecified atom stereocenters. The lowest BCUT2D eigenvalue weighted by molar-refractivity contribution is 0.0478. The van der Waals surface area contributed by atoms with Crippen LogP contribution in [0.2, 0.25) is 0 Å². The number of hydrogen-bond donors (Lipinski definition) is 1. The van der Waals surface area contributed by atoms with Gasteiger partial charge in [-0.3, -0.25) is 0 Å². The largest absolute Gasteiger partial charge is 0.598 e. The van der Waals surface area contributed by atoms with Crippen molar-refractivity contribution in [2.45, 2.75) is 45.1 Å². The van der Waals surface area contributed by atoms with Crippen LogP contribution in [0.5, 0.6) is 5.75 Å². The Morgan fingerprint density at radius 2 is 1.88 bits per heavy atom. The number of hydrogen-bond acceptors (Lipinski definition) is 6. The molecule has 2 atom stereocenters. The average molecular weight is 472 g/mol. The first-order valence-electron chi connectivity index (χ1n) is 10.3. The molecule has 7 heteroatoms. The lowest BCUT2D eigenvalue weighted by atomic mass is 10.0. The van der Waals surface area contributed by atoms with Crippen LogP contribution < -0.4 is 9.46 Å². The molecule has 0 aliphatic heterocycles. The van der Waals surface area contributed by atoms with Crippen LogP contribution in [0.3, 0.4) is 0 Å². The lowest BCUT2D eigenvalue weighted by Gasteiger charge is -2.26. The Morgan fingerprint density at radius 1 is 1.16 bits per heavy atom. The molecule has 5 nitrogen and oxygen atoms in total. The molecule has 0 saturated heterocycles. The second-order valence-electron chi connectivity index (χ2n) is 8.44. The van der Waals surface area contributed by atoms with Crippen molar-refractivity contribution in [2.24, 2.45) is 0 Å². The molecule has 0 fully saturated rings. The highest BCUT2D eigenvalue weighted by Gasteiger charge is 2.28. The van der Waals surface area contributed by atoms with Crippen LogP contribution in [-0.4, -0.2) is 22.4 Å². The van der Waals surface area contributed by atoms with Crippen molar-refractivity contribution >= 4 is 28.7 Å². The smallest absolute Gasteiger partial charge is 0.348 e. The van der Waals surface area contributed by atoms with Crippen LogP contribution in [0, 0.1) is 0 Å². The SMILES string of the molecule is COc1ccc([C@@H](C)N[S+]([O-])C(C)(C)C)cc1-c1csc(C(=O)OCc2ccccc2)c1. The fraction of sp³-hybridized carbons (Fsp3) is 0.320. The summed E-state index contributed by atoms with van der Waals surface area (Å²) in [5, 5.41) is 1.92. The summed E-state index contributed by atoms with van der Waals surface area (Å²) >= 11 is 0.154. The molecular formula is C25H29NO4S2. The maximum atomic E-state index is 12.5. The average Bonchev–Trinajstić information content (AvgIpc) is 3.27. The van der Waals surface area contributed by atoms with Gasteiger partial charge in [0, 0.05) is 16.9 Å². The molecule has 32 heavy (non-hydrogen) atoms. The van der Waals surface area contributed by atoms with Crippen molar-refractivity contribution in [1.29, 1.82) is 0 Å². The Morgan fingerprint density at radius 3 is 2.53 bits per heavy atom. The summed E-state index contributed by atoms with van der Waals surface area (Å²) in [4.78, 5) is 13.1. The standard InChI is InChI=1S/C25H29NO4S2/c1-17(26-32(28)25(2,3)4)19-11-12-22(29-5)21(13-19)20-14-23(31-16-20)24(27)30-15-18-9-7-6-8-10-18/h6-14,16-17,26H,15H2,1-5H3/t17-,32?/m1/s1. The molecule has 2 aromatic carbocycles. The summed E-state index contributed by atoms with van der Waals surface area (Å²) in [5.74, 6) is 0.357. The molecular weight excluding hydrogens is 442 g/mol. The van der Waals surface area contributed by atoms with Crippen molar-refractivity contribution in [2.75, 3.05) is 7.11 Å². The van der Waals surface area contributed by atoms with E-state index in [4.69, 9.17) is 9.47 Å². The van der Waals surface area contributed by atoms with E-state index in [9.17, 15) is 9.35 Å². The predicted octanol–water partition coefficient (Wildman–Crippen LogP) is 5.89. The first-order chi connectivity index (χ1) is 15.2. The first kappa shape index (κ1) is 24.3. The van der Waals surface area contributed by atoms with Crippen LogP contribution in [0.15, 0.2) is 60.0 Å². The lowest BCUT2D eigenvalue weighted by Crippen LogP contribution is -2.40. The van der Waals surface area contributed by atoms with Gasteiger partial charge in [-0.15, -0.1) is 16.1 Å². The van der Waals surface area contributed by atoms with Gasteiger partial charge >= 0.3 is 5.97 Å². The van der Waals surface area contributed by atoms with Gasteiger partial charge < -0.3 is 14.0 Å². The molecule has 0 spiro atoms. The molecule has 0 aliphatic rings. The van der Waals surface area contributed by atoms with Crippen molar-refractivity contribution < 1.29 is 18.8 Å². The van der Waals surface area contributed by atoms with Crippen LogP contribution in [0.4, 0.5) is 0 Å². The Labute approximate surface area is 197 Å². The minimum Gasteiger partial charge on any atom is -0.598 e. The van der Waals surface area contributed by atoms with Gasteiger partial charge in [-0.2, -0.15) is 0 Å². The summed E-state index contributed by atoms with van der Waals surface area (Å²) in [6.07, 6.45) is 0. The Kier molecular flexibility index (Phi) is 8.00. The summed E-state index contributed by atoms with van der Waals surface area (Å²) in [6, 6.07) is 17.2. The van der Waals surface area contributed by atoms with E-state index in [1.165, 1.54) is 11.3 Å². The van der Waals surface area contributed by atoms with Gasteiger partial charge in [-0.25, -0.2) is 4.79 Å². The first-order valence-corrected chi connectivity index (χ1v) is 12.4. The van der Waals surface area contributed by atoms with E-state index in [-0.39, 0.29) is 23.4 Å². The molecule has 1 aromatic heterocycles. The number of thiophene rings is 1. The van der Waals surface area contributed by atoms with Crippen LogP contribution in [0.1, 0.15) is 54.5 Å². The summed E-state index contributed by atoms with van der Waals surface area (Å²) in [7, 11) is 1.62. The maximum absolute atomic E-state index is 12.5. The van der Waals surface area contributed by atoms with Crippen LogP contribution in [-0.2, 0) is 22.7 Å². The maximum Gasteiger partial charge on any atom is 0.348 e. The van der Waals surface area contributed by atoms with Crippen molar-refractivity contribution in [3.05, 3.63) is 76.0 Å².